The third-order valence-corrected chi connectivity index (χ3v) is 5.94. The van der Waals surface area contributed by atoms with Gasteiger partial charge in [0.15, 0.2) is 0 Å². The Morgan fingerprint density at radius 2 is 2.09 bits per heavy atom. The van der Waals surface area contributed by atoms with Gasteiger partial charge in [-0.05, 0) is 46.0 Å². The first-order valence-corrected chi connectivity index (χ1v) is 9.28. The van der Waals surface area contributed by atoms with Gasteiger partial charge in [0.25, 0.3) is 0 Å². The monoisotopic (exact) mass is 316 g/mol. The molecule has 0 bridgehead atoms. The number of rotatable bonds is 3. The van der Waals surface area contributed by atoms with E-state index in [1.165, 1.54) is 60.9 Å². The van der Waals surface area contributed by atoms with E-state index in [2.05, 4.69) is 33.7 Å². The quantitative estimate of drug-likeness (QED) is 0.871. The summed E-state index contributed by atoms with van der Waals surface area (Å²) in [4.78, 5) is 12.0. The Balaban J connectivity index is 1.50. The summed E-state index contributed by atoms with van der Waals surface area (Å²) in [6, 6.07) is 0.607. The van der Waals surface area contributed by atoms with Gasteiger partial charge >= 0.3 is 0 Å². The highest BCUT2D eigenvalue weighted by molar-refractivity contribution is 7.09. The second-order valence-electron chi connectivity index (χ2n) is 6.69. The third kappa shape index (κ3) is 2.61. The Labute approximate surface area is 136 Å². The smallest absolute Gasteiger partial charge is 0.107 e. The number of thiazole rings is 1. The van der Waals surface area contributed by atoms with Crippen LogP contribution in [0.15, 0.2) is 5.38 Å². The van der Waals surface area contributed by atoms with E-state index in [9.17, 15) is 0 Å². The summed E-state index contributed by atoms with van der Waals surface area (Å²) in [5.41, 5.74) is 4.05. The van der Waals surface area contributed by atoms with Gasteiger partial charge in [-0.25, -0.2) is 9.97 Å². The summed E-state index contributed by atoms with van der Waals surface area (Å²) in [6.45, 7) is 7.59. The zero-order chi connectivity index (χ0) is 15.1. The van der Waals surface area contributed by atoms with Crippen molar-refractivity contribution in [3.8, 4) is 0 Å². The minimum atomic E-state index is 0.607. The fraction of sp³-hybridized carbons (Fsp3) is 0.647. The van der Waals surface area contributed by atoms with Crippen molar-refractivity contribution in [1.29, 1.82) is 0 Å². The van der Waals surface area contributed by atoms with E-state index >= 15 is 0 Å². The summed E-state index contributed by atoms with van der Waals surface area (Å²) in [5, 5.41) is 3.40. The lowest BCUT2D eigenvalue weighted by Gasteiger charge is -2.21. The van der Waals surface area contributed by atoms with Crippen molar-refractivity contribution in [2.45, 2.75) is 58.5 Å². The first kappa shape index (κ1) is 14.4. The average molecular weight is 316 g/mol. The zero-order valence-electron chi connectivity index (χ0n) is 13.5. The molecule has 2 aromatic heterocycles. The van der Waals surface area contributed by atoms with Crippen molar-refractivity contribution < 1.29 is 0 Å². The number of hydrogen-bond acceptors (Lipinski definition) is 4. The predicted octanol–water partition coefficient (Wildman–Crippen LogP) is 3.28. The molecule has 118 valence electrons. The molecule has 1 atom stereocenters. The van der Waals surface area contributed by atoms with Gasteiger partial charge in [0.2, 0.25) is 0 Å². The number of hydrogen-bond donors (Lipinski definition) is 0. The molecule has 4 rings (SSSR count). The van der Waals surface area contributed by atoms with Crippen LogP contribution in [0.3, 0.4) is 0 Å². The number of fused-ring (bicyclic) bond motifs is 1. The van der Waals surface area contributed by atoms with E-state index in [0.29, 0.717) is 6.04 Å². The Bertz CT molecular complexity index is 672. The maximum atomic E-state index is 4.84. The Kier molecular flexibility index (Phi) is 3.78. The molecule has 3 heterocycles. The molecule has 2 aromatic rings. The van der Waals surface area contributed by atoms with Crippen LogP contribution in [0, 0.1) is 13.8 Å². The second kappa shape index (κ2) is 5.78. The highest BCUT2D eigenvalue weighted by atomic mass is 32.1. The molecular formula is C17H24N4S. The molecule has 0 unspecified atom stereocenters. The average Bonchev–Trinajstić information content (AvgIpc) is 3.18. The molecule has 1 saturated heterocycles. The van der Waals surface area contributed by atoms with Crippen molar-refractivity contribution in [3.63, 3.8) is 0 Å². The zero-order valence-corrected chi connectivity index (χ0v) is 14.3. The van der Waals surface area contributed by atoms with Gasteiger partial charge in [-0.15, -0.1) is 11.3 Å². The molecule has 5 heteroatoms. The lowest BCUT2D eigenvalue weighted by molar-refractivity contribution is 0.313. The molecule has 4 nitrogen and oxygen atoms in total. The Morgan fingerprint density at radius 3 is 2.91 bits per heavy atom. The van der Waals surface area contributed by atoms with Crippen LogP contribution in [0.4, 0.5) is 0 Å². The lowest BCUT2D eigenvalue weighted by atomic mass is 10.0. The molecule has 0 amide bonds. The molecule has 0 radical (unpaired) electrons. The standard InChI is InChI=1S/C17H24N4S/c1-12-11-22-17(18-12)10-20-8-7-14(9-20)21-13(2)19-15-5-3-4-6-16(15)21/h11,14H,3-10H2,1-2H3/t14-/m1/s1. The summed E-state index contributed by atoms with van der Waals surface area (Å²) < 4.78 is 2.56. The molecule has 1 aliphatic carbocycles. The molecule has 1 fully saturated rings. The number of imidazole rings is 1. The second-order valence-corrected chi connectivity index (χ2v) is 7.63. The van der Waals surface area contributed by atoms with Gasteiger partial charge in [-0.1, -0.05) is 0 Å². The summed E-state index contributed by atoms with van der Waals surface area (Å²) in [7, 11) is 0. The van der Waals surface area contributed by atoms with Crippen molar-refractivity contribution in [2.75, 3.05) is 13.1 Å². The van der Waals surface area contributed by atoms with E-state index in [4.69, 9.17) is 4.98 Å². The van der Waals surface area contributed by atoms with Crippen molar-refractivity contribution in [3.05, 3.63) is 33.3 Å². The molecule has 1 aliphatic heterocycles. The van der Waals surface area contributed by atoms with Gasteiger partial charge in [0.1, 0.15) is 10.8 Å². The number of aromatic nitrogens is 3. The summed E-state index contributed by atoms with van der Waals surface area (Å²) in [6.07, 6.45) is 6.28. The van der Waals surface area contributed by atoms with Crippen LogP contribution in [0.1, 0.15) is 53.2 Å². The van der Waals surface area contributed by atoms with E-state index in [0.717, 1.165) is 18.8 Å². The van der Waals surface area contributed by atoms with E-state index in [1.807, 2.05) is 0 Å². The van der Waals surface area contributed by atoms with Crippen LogP contribution in [-0.2, 0) is 19.4 Å². The first-order valence-electron chi connectivity index (χ1n) is 8.40. The molecule has 22 heavy (non-hydrogen) atoms. The Morgan fingerprint density at radius 1 is 1.23 bits per heavy atom. The third-order valence-electron chi connectivity index (χ3n) is 4.98. The van der Waals surface area contributed by atoms with Crippen molar-refractivity contribution in [1.82, 2.24) is 19.4 Å². The summed E-state index contributed by atoms with van der Waals surface area (Å²) in [5.74, 6) is 1.23. The number of aryl methyl sites for hydroxylation is 3. The molecule has 0 spiro atoms. The molecular weight excluding hydrogens is 292 g/mol. The van der Waals surface area contributed by atoms with Crippen LogP contribution in [0.25, 0.3) is 0 Å². The first-order chi connectivity index (χ1) is 10.7. The van der Waals surface area contributed by atoms with Crippen molar-refractivity contribution in [2.24, 2.45) is 0 Å². The highest BCUT2D eigenvalue weighted by Crippen LogP contribution is 2.31. The van der Waals surface area contributed by atoms with E-state index in [-0.39, 0.29) is 0 Å². The van der Waals surface area contributed by atoms with Crippen LogP contribution >= 0.6 is 11.3 Å². The Hall–Kier alpha value is -1.20. The number of likely N-dealkylation sites (tertiary alicyclic amines) is 1. The van der Waals surface area contributed by atoms with Gasteiger partial charge in [-0.3, -0.25) is 4.90 Å². The lowest BCUT2D eigenvalue weighted by Crippen LogP contribution is -2.22. The van der Waals surface area contributed by atoms with Crippen LogP contribution in [0.5, 0.6) is 0 Å². The van der Waals surface area contributed by atoms with E-state index in [1.54, 1.807) is 11.3 Å². The van der Waals surface area contributed by atoms with Gasteiger partial charge in [-0.2, -0.15) is 0 Å². The SMILES string of the molecule is Cc1csc(CN2CC[C@@H](n3c(C)nc4c3CCCC4)C2)n1. The normalized spacial score (nSPS) is 22.2. The fourth-order valence-corrected chi connectivity index (χ4v) is 4.83. The predicted molar refractivity (Wildman–Crippen MR) is 89.4 cm³/mol. The van der Waals surface area contributed by atoms with Crippen molar-refractivity contribution >= 4 is 11.3 Å². The molecule has 0 saturated carbocycles. The van der Waals surface area contributed by atoms with Gasteiger partial charge in [0.05, 0.1) is 12.2 Å². The van der Waals surface area contributed by atoms with Crippen LogP contribution in [0.2, 0.25) is 0 Å². The minimum absolute atomic E-state index is 0.607. The van der Waals surface area contributed by atoms with Gasteiger partial charge in [0, 0.05) is 35.9 Å². The van der Waals surface area contributed by atoms with Crippen LogP contribution < -0.4 is 0 Å². The fourth-order valence-electron chi connectivity index (χ4n) is 4.02. The maximum absolute atomic E-state index is 4.84. The molecule has 0 aromatic carbocycles. The minimum Gasteiger partial charge on any atom is -0.328 e. The van der Waals surface area contributed by atoms with Crippen LogP contribution in [-0.4, -0.2) is 32.5 Å². The summed E-state index contributed by atoms with van der Waals surface area (Å²) >= 11 is 1.79. The molecule has 0 N–H and O–H groups in total. The largest absolute Gasteiger partial charge is 0.328 e. The topological polar surface area (TPSA) is 34.0 Å². The maximum Gasteiger partial charge on any atom is 0.107 e. The number of nitrogens with zero attached hydrogens (tertiary/aromatic N) is 4. The highest BCUT2D eigenvalue weighted by Gasteiger charge is 2.29. The van der Waals surface area contributed by atoms with Gasteiger partial charge < -0.3 is 4.57 Å². The molecule has 2 aliphatic rings. The van der Waals surface area contributed by atoms with E-state index < -0.39 is 0 Å².